The minimum Gasteiger partial charge on any atom is -0.338 e. The van der Waals surface area contributed by atoms with Gasteiger partial charge in [0.1, 0.15) is 5.82 Å². The van der Waals surface area contributed by atoms with Crippen molar-refractivity contribution >= 4 is 17.6 Å². The van der Waals surface area contributed by atoms with E-state index >= 15 is 0 Å². The van der Waals surface area contributed by atoms with E-state index in [2.05, 4.69) is 10.6 Å². The minimum atomic E-state index is -0.345. The van der Waals surface area contributed by atoms with Gasteiger partial charge in [0.15, 0.2) is 0 Å². The van der Waals surface area contributed by atoms with Crippen LogP contribution in [0, 0.1) is 5.82 Å². The van der Waals surface area contributed by atoms with E-state index in [1.165, 1.54) is 31.4 Å². The van der Waals surface area contributed by atoms with Crippen molar-refractivity contribution in [3.8, 4) is 0 Å². The van der Waals surface area contributed by atoms with Crippen LogP contribution in [0.2, 0.25) is 0 Å². The van der Waals surface area contributed by atoms with Crippen LogP contribution in [0.25, 0.3) is 0 Å². The van der Waals surface area contributed by atoms with Crippen molar-refractivity contribution in [3.05, 3.63) is 66.0 Å². The standard InChI is InChI=1S/C23H28FN3O2/c24-19-12-14-21(15-13-19)27(22(28)18-8-3-1-4-9-18)17-7-16-25-23(29)26-20-10-5-2-6-11-20/h1,3-4,8-9,12-15,20H,2,5-7,10-11,16-17H2,(H2,25,26,29). The van der Waals surface area contributed by atoms with Gasteiger partial charge in [-0.25, -0.2) is 9.18 Å². The Morgan fingerprint density at radius 3 is 2.34 bits per heavy atom. The lowest BCUT2D eigenvalue weighted by Crippen LogP contribution is -2.43. The first-order valence-electron chi connectivity index (χ1n) is 10.3. The summed E-state index contributed by atoms with van der Waals surface area (Å²) in [5, 5.41) is 5.90. The van der Waals surface area contributed by atoms with E-state index in [-0.39, 0.29) is 23.8 Å². The molecule has 0 unspecified atom stereocenters. The van der Waals surface area contributed by atoms with Gasteiger partial charge in [-0.2, -0.15) is 0 Å². The Hall–Kier alpha value is -2.89. The van der Waals surface area contributed by atoms with E-state index in [9.17, 15) is 14.0 Å². The van der Waals surface area contributed by atoms with Crippen molar-refractivity contribution < 1.29 is 14.0 Å². The van der Waals surface area contributed by atoms with Crippen LogP contribution in [-0.2, 0) is 0 Å². The summed E-state index contributed by atoms with van der Waals surface area (Å²) in [5.74, 6) is -0.495. The summed E-state index contributed by atoms with van der Waals surface area (Å²) in [4.78, 5) is 26.6. The molecule has 6 heteroatoms. The second-order valence-electron chi connectivity index (χ2n) is 7.39. The van der Waals surface area contributed by atoms with Crippen molar-refractivity contribution in [2.45, 2.75) is 44.6 Å². The van der Waals surface area contributed by atoms with Crippen molar-refractivity contribution in [1.29, 1.82) is 0 Å². The molecule has 3 rings (SSSR count). The number of halogens is 1. The molecule has 0 radical (unpaired) electrons. The number of rotatable bonds is 7. The minimum absolute atomic E-state index is 0.149. The predicted molar refractivity (Wildman–Crippen MR) is 113 cm³/mol. The van der Waals surface area contributed by atoms with Gasteiger partial charge in [-0.05, 0) is 55.7 Å². The Balaban J connectivity index is 1.55. The third kappa shape index (κ3) is 6.31. The lowest BCUT2D eigenvalue weighted by molar-refractivity contribution is 0.0986. The van der Waals surface area contributed by atoms with Gasteiger partial charge in [-0.15, -0.1) is 0 Å². The number of carbonyl (C=O) groups is 2. The first-order valence-corrected chi connectivity index (χ1v) is 10.3. The number of nitrogens with one attached hydrogen (secondary N) is 2. The zero-order chi connectivity index (χ0) is 20.5. The molecule has 3 amide bonds. The fraction of sp³-hybridized carbons (Fsp3) is 0.391. The molecule has 1 aliphatic rings. The molecule has 0 bridgehead atoms. The Morgan fingerprint density at radius 2 is 1.66 bits per heavy atom. The highest BCUT2D eigenvalue weighted by Gasteiger charge is 2.18. The molecule has 154 valence electrons. The van der Waals surface area contributed by atoms with Crippen LogP contribution in [0.1, 0.15) is 48.9 Å². The molecule has 1 saturated carbocycles. The molecule has 0 spiro atoms. The van der Waals surface area contributed by atoms with E-state index in [4.69, 9.17) is 0 Å². The highest BCUT2D eigenvalue weighted by molar-refractivity contribution is 6.06. The number of urea groups is 1. The van der Waals surface area contributed by atoms with Crippen LogP contribution < -0.4 is 15.5 Å². The van der Waals surface area contributed by atoms with Crippen molar-refractivity contribution in [1.82, 2.24) is 10.6 Å². The van der Waals surface area contributed by atoms with Gasteiger partial charge in [0, 0.05) is 30.4 Å². The molecule has 0 atom stereocenters. The van der Waals surface area contributed by atoms with Crippen LogP contribution in [0.3, 0.4) is 0 Å². The third-order valence-electron chi connectivity index (χ3n) is 5.19. The number of carbonyl (C=O) groups excluding carboxylic acids is 2. The second kappa shape index (κ2) is 10.6. The molecule has 0 saturated heterocycles. The number of nitrogens with zero attached hydrogens (tertiary/aromatic N) is 1. The van der Waals surface area contributed by atoms with E-state index in [1.54, 1.807) is 29.2 Å². The average Bonchev–Trinajstić information content (AvgIpc) is 2.75. The van der Waals surface area contributed by atoms with Gasteiger partial charge in [0.05, 0.1) is 0 Å². The lowest BCUT2D eigenvalue weighted by Gasteiger charge is -2.24. The Morgan fingerprint density at radius 1 is 0.966 bits per heavy atom. The number of benzene rings is 2. The zero-order valence-corrected chi connectivity index (χ0v) is 16.6. The Bertz CT molecular complexity index is 790. The molecule has 2 N–H and O–H groups in total. The maximum atomic E-state index is 13.3. The molecule has 2 aromatic carbocycles. The van der Waals surface area contributed by atoms with E-state index in [1.807, 2.05) is 18.2 Å². The highest BCUT2D eigenvalue weighted by atomic mass is 19.1. The monoisotopic (exact) mass is 397 g/mol. The van der Waals surface area contributed by atoms with E-state index in [0.717, 1.165) is 12.8 Å². The quantitative estimate of drug-likeness (QED) is 0.676. The largest absolute Gasteiger partial charge is 0.338 e. The normalized spacial score (nSPS) is 14.2. The molecule has 29 heavy (non-hydrogen) atoms. The predicted octanol–water partition coefficient (Wildman–Crippen LogP) is 4.49. The lowest BCUT2D eigenvalue weighted by atomic mass is 9.96. The van der Waals surface area contributed by atoms with Crippen LogP contribution in [0.5, 0.6) is 0 Å². The molecular weight excluding hydrogens is 369 g/mol. The Labute approximate surface area is 171 Å². The molecule has 0 aliphatic heterocycles. The summed E-state index contributed by atoms with van der Waals surface area (Å²) in [5.41, 5.74) is 1.20. The highest BCUT2D eigenvalue weighted by Crippen LogP contribution is 2.19. The Kier molecular flexibility index (Phi) is 7.61. The summed E-state index contributed by atoms with van der Waals surface area (Å²) < 4.78 is 13.3. The second-order valence-corrected chi connectivity index (χ2v) is 7.39. The molecule has 0 aromatic heterocycles. The van der Waals surface area contributed by atoms with Gasteiger partial charge in [-0.1, -0.05) is 37.5 Å². The van der Waals surface area contributed by atoms with Crippen LogP contribution in [0.15, 0.2) is 54.6 Å². The summed E-state index contributed by atoms with van der Waals surface area (Å²) >= 11 is 0. The maximum Gasteiger partial charge on any atom is 0.315 e. The fourth-order valence-electron chi connectivity index (χ4n) is 3.63. The summed E-state index contributed by atoms with van der Waals surface area (Å²) in [6.07, 6.45) is 6.25. The van der Waals surface area contributed by atoms with Gasteiger partial charge in [0.25, 0.3) is 5.91 Å². The third-order valence-corrected chi connectivity index (χ3v) is 5.19. The van der Waals surface area contributed by atoms with Gasteiger partial charge >= 0.3 is 6.03 Å². The smallest absolute Gasteiger partial charge is 0.315 e. The molecule has 2 aromatic rings. The van der Waals surface area contributed by atoms with Gasteiger partial charge in [0.2, 0.25) is 0 Å². The van der Waals surface area contributed by atoms with E-state index in [0.29, 0.717) is 30.8 Å². The average molecular weight is 397 g/mol. The number of hydrogen-bond donors (Lipinski definition) is 2. The van der Waals surface area contributed by atoms with Crippen molar-refractivity contribution in [2.75, 3.05) is 18.0 Å². The summed E-state index contributed by atoms with van der Waals surface area (Å²) in [7, 11) is 0. The summed E-state index contributed by atoms with van der Waals surface area (Å²) in [6, 6.07) is 15.0. The first kappa shape index (κ1) is 20.8. The molecule has 5 nitrogen and oxygen atoms in total. The van der Waals surface area contributed by atoms with Crippen molar-refractivity contribution in [3.63, 3.8) is 0 Å². The van der Waals surface area contributed by atoms with Crippen LogP contribution in [0.4, 0.5) is 14.9 Å². The first-order chi connectivity index (χ1) is 14.1. The fourth-order valence-corrected chi connectivity index (χ4v) is 3.63. The van der Waals surface area contributed by atoms with Gasteiger partial charge < -0.3 is 15.5 Å². The van der Waals surface area contributed by atoms with E-state index < -0.39 is 0 Å². The molecule has 0 heterocycles. The number of hydrogen-bond acceptors (Lipinski definition) is 2. The van der Waals surface area contributed by atoms with Crippen LogP contribution >= 0.6 is 0 Å². The summed E-state index contributed by atoms with van der Waals surface area (Å²) in [6.45, 7) is 0.876. The topological polar surface area (TPSA) is 61.4 Å². The van der Waals surface area contributed by atoms with Crippen LogP contribution in [-0.4, -0.2) is 31.1 Å². The maximum absolute atomic E-state index is 13.3. The molecule has 1 aliphatic carbocycles. The number of anilines is 1. The molecule has 1 fully saturated rings. The van der Waals surface area contributed by atoms with Gasteiger partial charge in [-0.3, -0.25) is 4.79 Å². The molecular formula is C23H28FN3O2. The zero-order valence-electron chi connectivity index (χ0n) is 16.6. The number of amides is 3. The van der Waals surface area contributed by atoms with Crippen molar-refractivity contribution in [2.24, 2.45) is 0 Å². The SMILES string of the molecule is O=C(NCCCN(C(=O)c1ccccc1)c1ccc(F)cc1)NC1CCCCC1.